The number of anilines is 1. The Bertz CT molecular complexity index is 1520. The average Bonchev–Trinajstić information content (AvgIpc) is 2.95. The molecule has 40 heavy (non-hydrogen) atoms. The van der Waals surface area contributed by atoms with Crippen molar-refractivity contribution in [2.75, 3.05) is 24.2 Å². The van der Waals surface area contributed by atoms with Gasteiger partial charge in [-0.25, -0.2) is 28.4 Å². The number of aryl methyl sites for hydroxylation is 1. The van der Waals surface area contributed by atoms with Gasteiger partial charge >= 0.3 is 6.01 Å². The van der Waals surface area contributed by atoms with E-state index < -0.39 is 10.0 Å². The van der Waals surface area contributed by atoms with Gasteiger partial charge in [-0.05, 0) is 46.9 Å². The Labute approximate surface area is 239 Å². The summed E-state index contributed by atoms with van der Waals surface area (Å²) in [5, 5.41) is 0. The van der Waals surface area contributed by atoms with Crippen molar-refractivity contribution < 1.29 is 17.9 Å². The summed E-state index contributed by atoms with van der Waals surface area (Å²) in [5.74, 6) is 0.341. The summed E-state index contributed by atoms with van der Waals surface area (Å²) in [6.07, 6.45) is 7.46. The van der Waals surface area contributed by atoms with Crippen molar-refractivity contribution in [3.05, 3.63) is 78.4 Å². The molecule has 0 unspecified atom stereocenters. The SMILES string of the molecule is CCc1ccc(-c2c(NS(=O)(=O)c3ccc(C(C)(C)C)cc3)ncnc2OCCOc2ncc(SC)cn2)cc1. The highest BCUT2D eigenvalue weighted by Crippen LogP contribution is 2.35. The van der Waals surface area contributed by atoms with Crippen LogP contribution in [0.15, 0.2) is 77.0 Å². The van der Waals surface area contributed by atoms with Gasteiger partial charge < -0.3 is 9.47 Å². The van der Waals surface area contributed by atoms with Gasteiger partial charge in [-0.1, -0.05) is 64.1 Å². The average molecular weight is 580 g/mol. The van der Waals surface area contributed by atoms with Crippen LogP contribution in [-0.2, 0) is 21.9 Å². The van der Waals surface area contributed by atoms with Crippen molar-refractivity contribution in [3.8, 4) is 23.0 Å². The second-order valence-electron chi connectivity index (χ2n) is 9.94. The molecule has 2 aromatic heterocycles. The van der Waals surface area contributed by atoms with Crippen LogP contribution in [-0.4, -0.2) is 47.8 Å². The fraction of sp³-hybridized carbons (Fsp3) is 0.310. The number of sulfonamides is 1. The van der Waals surface area contributed by atoms with Crippen LogP contribution in [0.4, 0.5) is 5.82 Å². The quantitative estimate of drug-likeness (QED) is 0.174. The molecule has 2 aromatic carbocycles. The first kappa shape index (κ1) is 29.3. The highest BCUT2D eigenvalue weighted by molar-refractivity contribution is 7.98. The van der Waals surface area contributed by atoms with Gasteiger partial charge in [0, 0.05) is 17.3 Å². The maximum absolute atomic E-state index is 13.4. The molecule has 4 aromatic rings. The lowest BCUT2D eigenvalue weighted by Gasteiger charge is -2.19. The minimum absolute atomic E-state index is 0.0969. The van der Waals surface area contributed by atoms with Crippen LogP contribution in [0.3, 0.4) is 0 Å². The number of ether oxygens (including phenoxy) is 2. The molecule has 0 aliphatic heterocycles. The molecule has 0 radical (unpaired) electrons. The topological polar surface area (TPSA) is 116 Å². The molecule has 0 bridgehead atoms. The Hall–Kier alpha value is -3.70. The molecule has 0 spiro atoms. The van der Waals surface area contributed by atoms with Crippen molar-refractivity contribution in [1.29, 1.82) is 0 Å². The summed E-state index contributed by atoms with van der Waals surface area (Å²) in [7, 11) is -3.94. The Balaban J connectivity index is 1.59. The Kier molecular flexibility index (Phi) is 9.26. The van der Waals surface area contributed by atoms with Gasteiger partial charge in [0.05, 0.1) is 10.5 Å². The zero-order valence-electron chi connectivity index (χ0n) is 23.2. The van der Waals surface area contributed by atoms with Gasteiger partial charge in [0.1, 0.15) is 19.5 Å². The third kappa shape index (κ3) is 7.28. The van der Waals surface area contributed by atoms with Crippen molar-refractivity contribution in [3.63, 3.8) is 0 Å². The summed E-state index contributed by atoms with van der Waals surface area (Å²) in [6.45, 7) is 8.59. The normalized spacial score (nSPS) is 11.7. The van der Waals surface area contributed by atoms with Crippen LogP contribution in [0.1, 0.15) is 38.8 Å². The highest BCUT2D eigenvalue weighted by Gasteiger charge is 2.22. The lowest BCUT2D eigenvalue weighted by molar-refractivity contribution is 0.201. The molecule has 9 nitrogen and oxygen atoms in total. The minimum atomic E-state index is -3.94. The van der Waals surface area contributed by atoms with Crippen LogP contribution >= 0.6 is 11.8 Å². The lowest BCUT2D eigenvalue weighted by atomic mass is 9.87. The van der Waals surface area contributed by atoms with Crippen molar-refractivity contribution in [2.24, 2.45) is 0 Å². The second kappa shape index (κ2) is 12.6. The Morgan fingerprint density at radius 2 is 1.52 bits per heavy atom. The fourth-order valence-electron chi connectivity index (χ4n) is 3.80. The molecule has 11 heteroatoms. The number of benzene rings is 2. The molecule has 0 saturated carbocycles. The van der Waals surface area contributed by atoms with E-state index in [4.69, 9.17) is 9.47 Å². The van der Waals surface area contributed by atoms with E-state index in [0.29, 0.717) is 11.1 Å². The van der Waals surface area contributed by atoms with E-state index in [-0.39, 0.29) is 41.2 Å². The lowest BCUT2D eigenvalue weighted by Crippen LogP contribution is -2.17. The maximum atomic E-state index is 13.4. The number of hydrogen-bond acceptors (Lipinski definition) is 9. The van der Waals surface area contributed by atoms with E-state index in [0.717, 1.165) is 22.4 Å². The molecule has 0 saturated heterocycles. The third-order valence-electron chi connectivity index (χ3n) is 6.12. The van der Waals surface area contributed by atoms with E-state index in [1.807, 2.05) is 42.7 Å². The van der Waals surface area contributed by atoms with Crippen molar-refractivity contribution in [2.45, 2.75) is 49.3 Å². The number of hydrogen-bond donors (Lipinski definition) is 1. The fourth-order valence-corrected chi connectivity index (χ4v) is 5.14. The van der Waals surface area contributed by atoms with Gasteiger partial charge in [0.15, 0.2) is 5.82 Å². The van der Waals surface area contributed by atoms with E-state index in [2.05, 4.69) is 52.4 Å². The number of aromatic nitrogens is 4. The monoisotopic (exact) mass is 579 g/mol. The molecule has 0 aliphatic carbocycles. The van der Waals surface area contributed by atoms with E-state index >= 15 is 0 Å². The molecule has 4 rings (SSSR count). The van der Waals surface area contributed by atoms with Gasteiger partial charge in [0.25, 0.3) is 10.0 Å². The van der Waals surface area contributed by atoms with Crippen LogP contribution in [0.25, 0.3) is 11.1 Å². The molecule has 0 fully saturated rings. The van der Waals surface area contributed by atoms with E-state index in [1.54, 1.807) is 36.3 Å². The number of nitrogens with zero attached hydrogens (tertiary/aromatic N) is 4. The van der Waals surface area contributed by atoms with Gasteiger partial charge in [-0.3, -0.25) is 4.72 Å². The Morgan fingerprint density at radius 3 is 2.12 bits per heavy atom. The highest BCUT2D eigenvalue weighted by atomic mass is 32.2. The number of rotatable bonds is 11. The maximum Gasteiger partial charge on any atom is 0.316 e. The van der Waals surface area contributed by atoms with E-state index in [9.17, 15) is 8.42 Å². The first-order valence-electron chi connectivity index (χ1n) is 12.8. The first-order valence-corrected chi connectivity index (χ1v) is 15.5. The number of nitrogens with one attached hydrogen (secondary N) is 1. The molecule has 210 valence electrons. The smallest absolute Gasteiger partial charge is 0.316 e. The zero-order chi connectivity index (χ0) is 28.8. The van der Waals surface area contributed by atoms with Crippen LogP contribution < -0.4 is 14.2 Å². The Morgan fingerprint density at radius 1 is 0.875 bits per heavy atom. The van der Waals surface area contributed by atoms with E-state index in [1.165, 1.54) is 6.33 Å². The summed E-state index contributed by atoms with van der Waals surface area (Å²) in [4.78, 5) is 18.0. The zero-order valence-corrected chi connectivity index (χ0v) is 24.8. The van der Waals surface area contributed by atoms with Crippen molar-refractivity contribution in [1.82, 2.24) is 19.9 Å². The molecular weight excluding hydrogens is 546 g/mol. The summed E-state index contributed by atoms with van der Waals surface area (Å²) >= 11 is 1.54. The van der Waals surface area contributed by atoms with Crippen LogP contribution in [0.2, 0.25) is 0 Å². The summed E-state index contributed by atoms with van der Waals surface area (Å²) < 4.78 is 40.9. The standard InChI is InChI=1S/C29H33N5O4S2/c1-6-20-7-9-21(10-8-20)25-26(34-40(35,36)24-13-11-22(12-14-24)29(2,3)4)32-19-33-27(25)37-15-16-38-28-30-17-23(39-5)18-31-28/h7-14,17-19H,6,15-16H2,1-5H3,(H,32,33,34). The first-order chi connectivity index (χ1) is 19.1. The van der Waals surface area contributed by atoms with Gasteiger partial charge in [-0.2, -0.15) is 0 Å². The second-order valence-corrected chi connectivity index (χ2v) is 12.5. The minimum Gasteiger partial charge on any atom is -0.473 e. The molecule has 0 aliphatic rings. The molecule has 2 heterocycles. The molecule has 1 N–H and O–H groups in total. The third-order valence-corrected chi connectivity index (χ3v) is 8.16. The summed E-state index contributed by atoms with van der Waals surface area (Å²) in [5.41, 5.74) is 3.23. The molecule has 0 amide bonds. The molecule has 0 atom stereocenters. The van der Waals surface area contributed by atoms with Crippen molar-refractivity contribution >= 4 is 27.6 Å². The molecular formula is C29H33N5O4S2. The van der Waals surface area contributed by atoms with Crippen LogP contribution in [0.5, 0.6) is 11.9 Å². The largest absolute Gasteiger partial charge is 0.473 e. The van der Waals surface area contributed by atoms with Crippen LogP contribution in [0, 0.1) is 0 Å². The number of thioether (sulfide) groups is 1. The van der Waals surface area contributed by atoms with Gasteiger partial charge in [-0.15, -0.1) is 11.8 Å². The predicted octanol–water partition coefficient (Wildman–Crippen LogP) is 5.77. The van der Waals surface area contributed by atoms with Gasteiger partial charge in [0.2, 0.25) is 5.88 Å². The predicted molar refractivity (Wildman–Crippen MR) is 158 cm³/mol. The summed E-state index contributed by atoms with van der Waals surface area (Å²) in [6, 6.07) is 14.9.